The summed E-state index contributed by atoms with van der Waals surface area (Å²) in [6, 6.07) is 8.13. The Morgan fingerprint density at radius 1 is 1.38 bits per heavy atom. The van der Waals surface area contributed by atoms with Gasteiger partial charge in [0.1, 0.15) is 0 Å². The van der Waals surface area contributed by atoms with Crippen LogP contribution in [0, 0.1) is 0 Å². The van der Waals surface area contributed by atoms with E-state index in [-0.39, 0.29) is 5.54 Å². The zero-order chi connectivity index (χ0) is 11.6. The van der Waals surface area contributed by atoms with Crippen molar-refractivity contribution in [3.63, 3.8) is 0 Å². The lowest BCUT2D eigenvalue weighted by Crippen LogP contribution is -2.18. The van der Waals surface area contributed by atoms with Gasteiger partial charge >= 0.3 is 0 Å². The highest BCUT2D eigenvalue weighted by atomic mass is 15.2. The standard InChI is InChI=1S/C12H14N4/c1-12(2,15-16-13)7-9-8-14-11-6-4-3-5-10(9)11/h3-6,8,14H,7H2,1-2H3. The van der Waals surface area contributed by atoms with E-state index in [1.54, 1.807) is 0 Å². The van der Waals surface area contributed by atoms with Crippen LogP contribution in [0.2, 0.25) is 0 Å². The molecule has 0 amide bonds. The number of H-pyrrole nitrogens is 1. The topological polar surface area (TPSA) is 64.5 Å². The fourth-order valence-corrected chi connectivity index (χ4v) is 1.90. The molecule has 0 aliphatic rings. The van der Waals surface area contributed by atoms with Crippen molar-refractivity contribution >= 4 is 10.9 Å². The maximum atomic E-state index is 8.49. The van der Waals surface area contributed by atoms with Gasteiger partial charge in [0.05, 0.1) is 0 Å². The van der Waals surface area contributed by atoms with Crippen LogP contribution in [0.1, 0.15) is 19.4 Å². The van der Waals surface area contributed by atoms with Gasteiger partial charge in [-0.05, 0) is 23.6 Å². The molecule has 0 aliphatic heterocycles. The number of nitrogens with zero attached hydrogens (tertiary/aromatic N) is 3. The van der Waals surface area contributed by atoms with Gasteiger partial charge in [-0.25, -0.2) is 0 Å². The quantitative estimate of drug-likeness (QED) is 0.459. The molecule has 0 unspecified atom stereocenters. The third-order valence-electron chi connectivity index (χ3n) is 2.61. The molecule has 2 rings (SSSR count). The number of hydrogen-bond donors (Lipinski definition) is 1. The summed E-state index contributed by atoms with van der Waals surface area (Å²) in [6.07, 6.45) is 2.72. The number of nitrogens with one attached hydrogen (secondary N) is 1. The number of azide groups is 1. The van der Waals surface area contributed by atoms with Crippen molar-refractivity contribution in [2.45, 2.75) is 25.8 Å². The fraction of sp³-hybridized carbons (Fsp3) is 0.333. The van der Waals surface area contributed by atoms with E-state index in [1.165, 1.54) is 10.9 Å². The summed E-state index contributed by atoms with van der Waals surface area (Å²) in [5.74, 6) is 0. The van der Waals surface area contributed by atoms with Crippen molar-refractivity contribution in [3.05, 3.63) is 46.5 Å². The minimum atomic E-state index is -0.389. The van der Waals surface area contributed by atoms with Crippen LogP contribution in [0.25, 0.3) is 21.3 Å². The molecule has 82 valence electrons. The van der Waals surface area contributed by atoms with Crippen molar-refractivity contribution in [1.82, 2.24) is 4.98 Å². The number of para-hydroxylation sites is 1. The molecule has 0 spiro atoms. The van der Waals surface area contributed by atoms with Crippen molar-refractivity contribution in [1.29, 1.82) is 0 Å². The molecule has 1 aromatic heterocycles. The normalized spacial score (nSPS) is 11.4. The van der Waals surface area contributed by atoms with Crippen LogP contribution in [0.4, 0.5) is 0 Å². The van der Waals surface area contributed by atoms with Crippen LogP contribution in [0.3, 0.4) is 0 Å². The Labute approximate surface area is 93.9 Å². The molecule has 0 radical (unpaired) electrons. The third kappa shape index (κ3) is 2.02. The van der Waals surface area contributed by atoms with E-state index in [4.69, 9.17) is 5.53 Å². The van der Waals surface area contributed by atoms with E-state index in [0.717, 1.165) is 11.9 Å². The average Bonchev–Trinajstić information content (AvgIpc) is 2.61. The second-order valence-electron chi connectivity index (χ2n) is 4.54. The van der Waals surface area contributed by atoms with Gasteiger partial charge in [0, 0.05) is 27.6 Å². The molecule has 1 heterocycles. The fourth-order valence-electron chi connectivity index (χ4n) is 1.90. The SMILES string of the molecule is CC(C)(Cc1c[nH]c2ccccc12)N=[N+]=[N-]. The Morgan fingerprint density at radius 3 is 2.88 bits per heavy atom. The van der Waals surface area contributed by atoms with Crippen LogP contribution < -0.4 is 0 Å². The van der Waals surface area contributed by atoms with Crippen molar-refractivity contribution in [2.24, 2.45) is 5.11 Å². The highest BCUT2D eigenvalue weighted by Crippen LogP contribution is 2.24. The third-order valence-corrected chi connectivity index (χ3v) is 2.61. The molecular weight excluding hydrogens is 200 g/mol. The van der Waals surface area contributed by atoms with E-state index in [2.05, 4.69) is 21.1 Å². The first-order chi connectivity index (χ1) is 7.62. The molecule has 1 aromatic carbocycles. The number of aromatic amines is 1. The highest BCUT2D eigenvalue weighted by molar-refractivity contribution is 5.83. The number of aromatic nitrogens is 1. The average molecular weight is 214 g/mol. The van der Waals surface area contributed by atoms with Gasteiger partial charge in [-0.3, -0.25) is 0 Å². The molecule has 4 heteroatoms. The molecule has 0 bridgehead atoms. The van der Waals surface area contributed by atoms with Crippen LogP contribution in [0.15, 0.2) is 35.6 Å². The zero-order valence-electron chi connectivity index (χ0n) is 9.44. The lowest BCUT2D eigenvalue weighted by molar-refractivity contribution is 0.515. The first kappa shape index (κ1) is 10.6. The van der Waals surface area contributed by atoms with E-state index in [1.807, 2.05) is 38.2 Å². The molecule has 1 N–H and O–H groups in total. The lowest BCUT2D eigenvalue weighted by atomic mass is 9.96. The number of benzene rings is 1. The lowest BCUT2D eigenvalue weighted by Gasteiger charge is -2.16. The van der Waals surface area contributed by atoms with E-state index in [9.17, 15) is 0 Å². The monoisotopic (exact) mass is 214 g/mol. The van der Waals surface area contributed by atoms with Gasteiger partial charge in [-0.2, -0.15) is 0 Å². The maximum Gasteiger partial charge on any atom is 0.0473 e. The minimum absolute atomic E-state index is 0.389. The van der Waals surface area contributed by atoms with Crippen molar-refractivity contribution < 1.29 is 0 Å². The second kappa shape index (κ2) is 3.91. The zero-order valence-corrected chi connectivity index (χ0v) is 9.44. The summed E-state index contributed by atoms with van der Waals surface area (Å²) in [5, 5.41) is 5.00. The molecule has 2 aromatic rings. The maximum absolute atomic E-state index is 8.49. The van der Waals surface area contributed by atoms with Crippen molar-refractivity contribution in [3.8, 4) is 0 Å². The van der Waals surface area contributed by atoms with E-state index < -0.39 is 0 Å². The summed E-state index contributed by atoms with van der Waals surface area (Å²) < 4.78 is 0. The van der Waals surface area contributed by atoms with Gasteiger partial charge in [0.2, 0.25) is 0 Å². The summed E-state index contributed by atoms with van der Waals surface area (Å²) in [7, 11) is 0. The predicted molar refractivity (Wildman–Crippen MR) is 65.2 cm³/mol. The summed E-state index contributed by atoms with van der Waals surface area (Å²) in [6.45, 7) is 3.88. The molecule has 0 fully saturated rings. The first-order valence-electron chi connectivity index (χ1n) is 5.24. The van der Waals surface area contributed by atoms with E-state index >= 15 is 0 Å². The van der Waals surface area contributed by atoms with E-state index in [0.29, 0.717) is 0 Å². The molecule has 0 saturated heterocycles. The van der Waals surface area contributed by atoms with Crippen LogP contribution in [0.5, 0.6) is 0 Å². The molecular formula is C12H14N4. The molecule has 0 atom stereocenters. The first-order valence-corrected chi connectivity index (χ1v) is 5.24. The number of fused-ring (bicyclic) bond motifs is 1. The van der Waals surface area contributed by atoms with Gasteiger partial charge in [0.15, 0.2) is 0 Å². The largest absolute Gasteiger partial charge is 0.361 e. The Morgan fingerprint density at radius 2 is 2.12 bits per heavy atom. The number of rotatable bonds is 3. The summed E-state index contributed by atoms with van der Waals surface area (Å²) in [4.78, 5) is 6.10. The summed E-state index contributed by atoms with van der Waals surface area (Å²) >= 11 is 0. The second-order valence-corrected chi connectivity index (χ2v) is 4.54. The van der Waals surface area contributed by atoms with Gasteiger partial charge < -0.3 is 4.98 Å². The minimum Gasteiger partial charge on any atom is -0.361 e. The van der Waals surface area contributed by atoms with Crippen LogP contribution in [-0.2, 0) is 6.42 Å². The smallest absolute Gasteiger partial charge is 0.0473 e. The molecule has 16 heavy (non-hydrogen) atoms. The van der Waals surface area contributed by atoms with Crippen LogP contribution >= 0.6 is 0 Å². The predicted octanol–water partition coefficient (Wildman–Crippen LogP) is 3.80. The van der Waals surface area contributed by atoms with Gasteiger partial charge in [-0.15, -0.1) is 0 Å². The molecule has 4 nitrogen and oxygen atoms in total. The Hall–Kier alpha value is -1.93. The molecule has 0 aliphatic carbocycles. The Balaban J connectivity index is 2.38. The number of hydrogen-bond acceptors (Lipinski definition) is 1. The highest BCUT2D eigenvalue weighted by Gasteiger charge is 2.18. The van der Waals surface area contributed by atoms with Gasteiger partial charge in [-0.1, -0.05) is 37.2 Å². The Bertz CT molecular complexity index is 547. The molecule has 0 saturated carbocycles. The van der Waals surface area contributed by atoms with Crippen molar-refractivity contribution in [2.75, 3.05) is 0 Å². The van der Waals surface area contributed by atoms with Crippen LogP contribution in [-0.4, -0.2) is 10.5 Å². The van der Waals surface area contributed by atoms with Gasteiger partial charge in [0.25, 0.3) is 0 Å². The summed E-state index contributed by atoms with van der Waals surface area (Å²) in [5.41, 5.74) is 10.4. The Kier molecular flexibility index (Phi) is 2.59.